The molecule has 0 aromatic carbocycles. The van der Waals surface area contributed by atoms with Crippen LogP contribution in [0.3, 0.4) is 0 Å². The summed E-state index contributed by atoms with van der Waals surface area (Å²) in [5.74, 6) is 0.553. The molecule has 1 atom stereocenters. The maximum Gasteiger partial charge on any atom is 0.0839 e. The quantitative estimate of drug-likeness (QED) is 0.521. The summed E-state index contributed by atoms with van der Waals surface area (Å²) in [6, 6.07) is 0. The van der Waals surface area contributed by atoms with Crippen molar-refractivity contribution < 1.29 is 0 Å². The molecular formula is C9H19NO. The zero-order valence-corrected chi connectivity index (χ0v) is 7.68. The predicted octanol–water partition coefficient (Wildman–Crippen LogP) is 3.36. The number of nitrogens with zero attached hydrogens (tertiary/aromatic N) is 1. The fourth-order valence-electron chi connectivity index (χ4n) is 1.33. The molecule has 0 spiro atoms. The van der Waals surface area contributed by atoms with Gasteiger partial charge in [0.25, 0.3) is 0 Å². The van der Waals surface area contributed by atoms with E-state index in [0.717, 1.165) is 6.42 Å². The van der Waals surface area contributed by atoms with Gasteiger partial charge in [0, 0.05) is 0 Å². The summed E-state index contributed by atoms with van der Waals surface area (Å²) in [6.07, 6.45) is 5.96. The van der Waals surface area contributed by atoms with E-state index in [9.17, 15) is 4.91 Å². The third kappa shape index (κ3) is 6.02. The van der Waals surface area contributed by atoms with Gasteiger partial charge in [-0.3, -0.25) is 0 Å². The number of unbranched alkanes of at least 4 members (excludes halogenated alkanes) is 1. The number of hydrogen-bond acceptors (Lipinski definition) is 2. The molecule has 0 N–H and O–H groups in total. The van der Waals surface area contributed by atoms with Crippen LogP contribution in [0.1, 0.15) is 46.0 Å². The molecule has 0 aliphatic carbocycles. The van der Waals surface area contributed by atoms with Gasteiger partial charge in [0.2, 0.25) is 0 Å². The third-order valence-electron chi connectivity index (χ3n) is 2.00. The molecule has 0 saturated carbocycles. The number of nitroso groups, excluding NO2 is 1. The van der Waals surface area contributed by atoms with Crippen molar-refractivity contribution in [1.29, 1.82) is 0 Å². The molecule has 0 aliphatic heterocycles. The molecule has 0 radical (unpaired) electrons. The SMILES string of the molecule is CCCC[C@H](CCC)CN=O. The molecule has 0 fully saturated rings. The Hall–Kier alpha value is -0.400. The maximum absolute atomic E-state index is 10.0. The first kappa shape index (κ1) is 10.6. The van der Waals surface area contributed by atoms with Crippen molar-refractivity contribution in [2.45, 2.75) is 46.0 Å². The average Bonchev–Trinajstić information content (AvgIpc) is 2.01. The lowest BCUT2D eigenvalue weighted by atomic mass is 9.97. The van der Waals surface area contributed by atoms with Gasteiger partial charge in [-0.25, -0.2) is 0 Å². The molecule has 66 valence electrons. The maximum atomic E-state index is 10.0. The first-order chi connectivity index (χ1) is 5.35. The number of hydrogen-bond donors (Lipinski definition) is 0. The van der Waals surface area contributed by atoms with E-state index in [0.29, 0.717) is 12.5 Å². The minimum Gasteiger partial charge on any atom is -0.151 e. The normalized spacial score (nSPS) is 12.9. The predicted molar refractivity (Wildman–Crippen MR) is 48.6 cm³/mol. The summed E-state index contributed by atoms with van der Waals surface area (Å²) < 4.78 is 0. The van der Waals surface area contributed by atoms with Crippen molar-refractivity contribution in [3.8, 4) is 0 Å². The van der Waals surface area contributed by atoms with Gasteiger partial charge in [-0.05, 0) is 18.8 Å². The molecule has 0 bridgehead atoms. The zero-order valence-electron chi connectivity index (χ0n) is 7.68. The summed E-state index contributed by atoms with van der Waals surface area (Å²) >= 11 is 0. The van der Waals surface area contributed by atoms with Crippen LogP contribution < -0.4 is 0 Å². The van der Waals surface area contributed by atoms with Gasteiger partial charge in [0.1, 0.15) is 0 Å². The van der Waals surface area contributed by atoms with Crippen molar-refractivity contribution in [1.82, 2.24) is 0 Å². The van der Waals surface area contributed by atoms with Gasteiger partial charge in [-0.2, -0.15) is 4.91 Å². The molecule has 0 rings (SSSR count). The van der Waals surface area contributed by atoms with E-state index >= 15 is 0 Å². The Balaban J connectivity index is 3.41. The highest BCUT2D eigenvalue weighted by Crippen LogP contribution is 2.14. The van der Waals surface area contributed by atoms with E-state index in [4.69, 9.17) is 0 Å². The van der Waals surface area contributed by atoms with Gasteiger partial charge < -0.3 is 0 Å². The van der Waals surface area contributed by atoms with E-state index in [1.165, 1.54) is 25.7 Å². The lowest BCUT2D eigenvalue weighted by Crippen LogP contribution is -2.03. The summed E-state index contributed by atoms with van der Waals surface area (Å²) in [5, 5.41) is 2.96. The second-order valence-corrected chi connectivity index (χ2v) is 3.11. The monoisotopic (exact) mass is 157 g/mol. The standard InChI is InChI=1S/C9H19NO/c1-3-5-7-9(6-4-2)8-10-11/h9H,3-8H2,1-2H3/t9-/m0/s1. The summed E-state index contributed by atoms with van der Waals surface area (Å²) in [7, 11) is 0. The highest BCUT2D eigenvalue weighted by Gasteiger charge is 2.06. The highest BCUT2D eigenvalue weighted by atomic mass is 16.3. The molecule has 0 amide bonds. The van der Waals surface area contributed by atoms with Crippen LogP contribution in [0.15, 0.2) is 5.18 Å². The first-order valence-electron chi connectivity index (χ1n) is 4.64. The van der Waals surface area contributed by atoms with Crippen LogP contribution in [0, 0.1) is 10.8 Å². The minimum absolute atomic E-state index is 0.522. The Kier molecular flexibility index (Phi) is 7.42. The lowest BCUT2D eigenvalue weighted by molar-refractivity contribution is 0.439. The summed E-state index contributed by atoms with van der Waals surface area (Å²) in [5.41, 5.74) is 0. The molecule has 2 heteroatoms. The molecule has 0 aromatic rings. The van der Waals surface area contributed by atoms with Crippen molar-refractivity contribution in [2.75, 3.05) is 6.54 Å². The Morgan fingerprint density at radius 3 is 2.36 bits per heavy atom. The summed E-state index contributed by atoms with van der Waals surface area (Å²) in [6.45, 7) is 4.86. The second kappa shape index (κ2) is 7.70. The van der Waals surface area contributed by atoms with Crippen LogP contribution >= 0.6 is 0 Å². The molecule has 0 heterocycles. The topological polar surface area (TPSA) is 29.4 Å². The average molecular weight is 157 g/mol. The van der Waals surface area contributed by atoms with Crippen LogP contribution in [0.5, 0.6) is 0 Å². The molecule has 0 aliphatic rings. The van der Waals surface area contributed by atoms with Crippen LogP contribution in [-0.2, 0) is 0 Å². The largest absolute Gasteiger partial charge is 0.151 e. The van der Waals surface area contributed by atoms with Gasteiger partial charge in [0.15, 0.2) is 0 Å². The van der Waals surface area contributed by atoms with Crippen LogP contribution in [-0.4, -0.2) is 6.54 Å². The highest BCUT2D eigenvalue weighted by molar-refractivity contribution is 4.60. The fourth-order valence-corrected chi connectivity index (χ4v) is 1.33. The van der Waals surface area contributed by atoms with Crippen molar-refractivity contribution in [3.63, 3.8) is 0 Å². The van der Waals surface area contributed by atoms with Crippen LogP contribution in [0.4, 0.5) is 0 Å². The fraction of sp³-hybridized carbons (Fsp3) is 1.00. The molecule has 0 saturated heterocycles. The smallest absolute Gasteiger partial charge is 0.0839 e. The first-order valence-corrected chi connectivity index (χ1v) is 4.64. The Morgan fingerprint density at radius 1 is 1.18 bits per heavy atom. The van der Waals surface area contributed by atoms with Gasteiger partial charge in [-0.15, -0.1) is 0 Å². The molecule has 2 nitrogen and oxygen atoms in total. The second-order valence-electron chi connectivity index (χ2n) is 3.11. The van der Waals surface area contributed by atoms with E-state index in [1.54, 1.807) is 0 Å². The minimum atomic E-state index is 0.522. The van der Waals surface area contributed by atoms with Crippen molar-refractivity contribution >= 4 is 0 Å². The summed E-state index contributed by atoms with van der Waals surface area (Å²) in [4.78, 5) is 10.0. The van der Waals surface area contributed by atoms with Crippen molar-refractivity contribution in [2.24, 2.45) is 11.1 Å². The van der Waals surface area contributed by atoms with E-state index in [2.05, 4.69) is 19.0 Å². The third-order valence-corrected chi connectivity index (χ3v) is 2.00. The van der Waals surface area contributed by atoms with Crippen molar-refractivity contribution in [3.05, 3.63) is 4.91 Å². The Labute approximate surface area is 69.4 Å². The Bertz CT molecular complexity index is 93.6. The Morgan fingerprint density at radius 2 is 1.91 bits per heavy atom. The lowest BCUT2D eigenvalue weighted by Gasteiger charge is -2.10. The molecule has 11 heavy (non-hydrogen) atoms. The van der Waals surface area contributed by atoms with Crippen LogP contribution in [0.2, 0.25) is 0 Å². The van der Waals surface area contributed by atoms with Gasteiger partial charge in [0.05, 0.1) is 6.54 Å². The number of rotatable bonds is 7. The van der Waals surface area contributed by atoms with Crippen LogP contribution in [0.25, 0.3) is 0 Å². The molecule has 0 aromatic heterocycles. The van der Waals surface area contributed by atoms with E-state index in [-0.39, 0.29) is 0 Å². The zero-order chi connectivity index (χ0) is 8.53. The van der Waals surface area contributed by atoms with E-state index in [1.807, 2.05) is 0 Å². The van der Waals surface area contributed by atoms with E-state index < -0.39 is 0 Å². The molecular weight excluding hydrogens is 138 g/mol. The molecule has 0 unspecified atom stereocenters. The van der Waals surface area contributed by atoms with Gasteiger partial charge >= 0.3 is 0 Å². The van der Waals surface area contributed by atoms with Gasteiger partial charge in [-0.1, -0.05) is 38.3 Å².